The lowest BCUT2D eigenvalue weighted by atomic mass is 9.97. The van der Waals surface area contributed by atoms with E-state index in [1.54, 1.807) is 40.1 Å². The third kappa shape index (κ3) is 5.91. The zero-order valence-corrected chi connectivity index (χ0v) is 19.8. The quantitative estimate of drug-likeness (QED) is 0.368. The molecule has 7 nitrogen and oxygen atoms in total. The van der Waals surface area contributed by atoms with Crippen molar-refractivity contribution in [2.45, 2.75) is 22.9 Å². The molecule has 1 fully saturated rings. The first-order valence-electron chi connectivity index (χ1n) is 10.6. The van der Waals surface area contributed by atoms with Crippen molar-refractivity contribution in [3.8, 4) is 0 Å². The number of thiazole rings is 1. The molecule has 0 bridgehead atoms. The third-order valence-electron chi connectivity index (χ3n) is 5.54. The average Bonchev–Trinajstić information content (AvgIpc) is 3.29. The number of hydrogen-bond donors (Lipinski definition) is 0. The lowest BCUT2D eigenvalue weighted by molar-refractivity contribution is -0.149. The fourth-order valence-corrected chi connectivity index (χ4v) is 5.65. The summed E-state index contributed by atoms with van der Waals surface area (Å²) < 4.78 is 12.1. The number of likely N-dealkylation sites (tertiary alicyclic amines) is 1. The molecule has 33 heavy (non-hydrogen) atoms. The van der Waals surface area contributed by atoms with E-state index in [1.807, 2.05) is 30.3 Å². The fourth-order valence-electron chi connectivity index (χ4n) is 3.63. The highest BCUT2D eigenvalue weighted by molar-refractivity contribution is 8.00. The van der Waals surface area contributed by atoms with Gasteiger partial charge in [-0.15, -0.1) is 11.3 Å². The third-order valence-corrected chi connectivity index (χ3v) is 7.79. The Morgan fingerprint density at radius 2 is 1.82 bits per heavy atom. The van der Waals surface area contributed by atoms with Gasteiger partial charge in [0.05, 0.1) is 28.8 Å². The number of carbonyl (C=O) groups is 3. The van der Waals surface area contributed by atoms with E-state index in [9.17, 15) is 14.4 Å². The van der Waals surface area contributed by atoms with Crippen LogP contribution in [0, 0.1) is 5.92 Å². The number of benzene rings is 2. The number of ether oxygens (including phenoxy) is 2. The van der Waals surface area contributed by atoms with Crippen LogP contribution >= 0.6 is 23.1 Å². The molecule has 0 unspecified atom stereocenters. The summed E-state index contributed by atoms with van der Waals surface area (Å²) in [4.78, 5) is 42.5. The number of fused-ring (bicyclic) bond motifs is 1. The molecule has 0 saturated carbocycles. The standard InChI is InChI=1S/C24H24N2O5S2/c1-30-22(28)18-10-12-26(13-11-18)21(27)14-31-23(29)17-8-6-16(7-9-17)15-32-24-25-19-4-2-3-5-20(19)33-24/h2-9,18H,10-15H2,1H3. The lowest BCUT2D eigenvalue weighted by Gasteiger charge is -2.30. The van der Waals surface area contributed by atoms with E-state index in [0.29, 0.717) is 31.5 Å². The maximum atomic E-state index is 12.3. The number of piperidine rings is 1. The van der Waals surface area contributed by atoms with Gasteiger partial charge in [-0.05, 0) is 42.7 Å². The van der Waals surface area contributed by atoms with Crippen molar-refractivity contribution in [3.05, 3.63) is 59.7 Å². The number of amides is 1. The average molecular weight is 485 g/mol. The molecule has 2 aromatic carbocycles. The van der Waals surface area contributed by atoms with Crippen LogP contribution in [0.5, 0.6) is 0 Å². The van der Waals surface area contributed by atoms with Crippen molar-refractivity contribution in [2.24, 2.45) is 5.92 Å². The Morgan fingerprint density at radius 3 is 2.52 bits per heavy atom. The van der Waals surface area contributed by atoms with Crippen LogP contribution in [0.1, 0.15) is 28.8 Å². The number of hydrogen-bond acceptors (Lipinski definition) is 8. The van der Waals surface area contributed by atoms with E-state index in [0.717, 1.165) is 21.2 Å². The molecular weight excluding hydrogens is 460 g/mol. The highest BCUT2D eigenvalue weighted by Gasteiger charge is 2.28. The molecule has 0 radical (unpaired) electrons. The maximum absolute atomic E-state index is 12.3. The number of thioether (sulfide) groups is 1. The summed E-state index contributed by atoms with van der Waals surface area (Å²) in [7, 11) is 1.37. The zero-order chi connectivity index (χ0) is 23.2. The molecule has 1 aliphatic rings. The van der Waals surface area contributed by atoms with Gasteiger partial charge in [-0.2, -0.15) is 0 Å². The Bertz CT molecular complexity index is 1100. The number of rotatable bonds is 7. The van der Waals surface area contributed by atoms with Gasteiger partial charge in [-0.3, -0.25) is 9.59 Å². The van der Waals surface area contributed by atoms with Crippen LogP contribution in [0.2, 0.25) is 0 Å². The maximum Gasteiger partial charge on any atom is 0.338 e. The van der Waals surface area contributed by atoms with Crippen LogP contribution < -0.4 is 0 Å². The van der Waals surface area contributed by atoms with Gasteiger partial charge in [0.25, 0.3) is 5.91 Å². The summed E-state index contributed by atoms with van der Waals surface area (Å²) in [5.41, 5.74) is 2.48. The molecule has 0 spiro atoms. The summed E-state index contributed by atoms with van der Waals surface area (Å²) in [6.07, 6.45) is 1.12. The van der Waals surface area contributed by atoms with Crippen molar-refractivity contribution in [1.82, 2.24) is 9.88 Å². The second kappa shape index (κ2) is 10.8. The predicted molar refractivity (Wildman–Crippen MR) is 127 cm³/mol. The Morgan fingerprint density at radius 1 is 1.09 bits per heavy atom. The van der Waals surface area contributed by atoms with Crippen LogP contribution in [0.15, 0.2) is 52.9 Å². The zero-order valence-electron chi connectivity index (χ0n) is 18.2. The number of nitrogens with zero attached hydrogens (tertiary/aromatic N) is 2. The normalized spacial score (nSPS) is 14.3. The number of para-hydroxylation sites is 1. The van der Waals surface area contributed by atoms with Crippen molar-refractivity contribution in [3.63, 3.8) is 0 Å². The minimum atomic E-state index is -0.529. The second-order valence-electron chi connectivity index (χ2n) is 7.69. The van der Waals surface area contributed by atoms with Crippen molar-refractivity contribution in [1.29, 1.82) is 0 Å². The first-order valence-corrected chi connectivity index (χ1v) is 12.4. The highest BCUT2D eigenvalue weighted by Crippen LogP contribution is 2.31. The Hall–Kier alpha value is -2.91. The fraction of sp³-hybridized carbons (Fsp3) is 0.333. The van der Waals surface area contributed by atoms with Gasteiger partial charge >= 0.3 is 11.9 Å². The molecule has 172 valence electrons. The van der Waals surface area contributed by atoms with E-state index < -0.39 is 5.97 Å². The smallest absolute Gasteiger partial charge is 0.338 e. The molecule has 1 aromatic heterocycles. The predicted octanol–water partition coefficient (Wildman–Crippen LogP) is 4.16. The van der Waals surface area contributed by atoms with E-state index in [4.69, 9.17) is 9.47 Å². The van der Waals surface area contributed by atoms with Crippen molar-refractivity contribution in [2.75, 3.05) is 26.8 Å². The largest absolute Gasteiger partial charge is 0.469 e. The van der Waals surface area contributed by atoms with E-state index >= 15 is 0 Å². The number of esters is 2. The summed E-state index contributed by atoms with van der Waals surface area (Å²) in [5.74, 6) is -0.452. The summed E-state index contributed by atoms with van der Waals surface area (Å²) in [5, 5.41) is 0. The first-order chi connectivity index (χ1) is 16.0. The number of aromatic nitrogens is 1. The van der Waals surface area contributed by atoms with E-state index in [1.165, 1.54) is 11.8 Å². The van der Waals surface area contributed by atoms with Gasteiger partial charge in [0.1, 0.15) is 0 Å². The molecule has 4 rings (SSSR count). The van der Waals surface area contributed by atoms with Crippen LogP contribution in [-0.2, 0) is 24.8 Å². The molecule has 0 aliphatic carbocycles. The van der Waals surface area contributed by atoms with Crippen LogP contribution in [0.3, 0.4) is 0 Å². The first kappa shape index (κ1) is 23.3. The monoisotopic (exact) mass is 484 g/mol. The minimum absolute atomic E-state index is 0.173. The second-order valence-corrected chi connectivity index (χ2v) is 9.94. The summed E-state index contributed by atoms with van der Waals surface area (Å²) in [6.45, 7) is 0.602. The van der Waals surface area contributed by atoms with Gasteiger partial charge in [0, 0.05) is 18.8 Å². The van der Waals surface area contributed by atoms with Crippen molar-refractivity contribution < 1.29 is 23.9 Å². The van der Waals surface area contributed by atoms with Gasteiger partial charge in [0.15, 0.2) is 10.9 Å². The van der Waals surface area contributed by atoms with Gasteiger partial charge in [-0.1, -0.05) is 36.0 Å². The Kier molecular flexibility index (Phi) is 7.61. The molecule has 1 saturated heterocycles. The molecule has 1 amide bonds. The van der Waals surface area contributed by atoms with Gasteiger partial charge in [-0.25, -0.2) is 9.78 Å². The van der Waals surface area contributed by atoms with Crippen LogP contribution in [-0.4, -0.2) is 54.5 Å². The summed E-state index contributed by atoms with van der Waals surface area (Å²) >= 11 is 3.33. The van der Waals surface area contributed by atoms with Gasteiger partial charge < -0.3 is 14.4 Å². The molecule has 3 aromatic rings. The van der Waals surface area contributed by atoms with Crippen LogP contribution in [0.4, 0.5) is 0 Å². The minimum Gasteiger partial charge on any atom is -0.469 e. The van der Waals surface area contributed by atoms with Crippen LogP contribution in [0.25, 0.3) is 10.2 Å². The molecule has 2 heterocycles. The van der Waals surface area contributed by atoms with E-state index in [-0.39, 0.29) is 24.4 Å². The molecule has 0 atom stereocenters. The molecule has 9 heteroatoms. The summed E-state index contributed by atoms with van der Waals surface area (Å²) in [6, 6.07) is 15.2. The highest BCUT2D eigenvalue weighted by atomic mass is 32.2. The topological polar surface area (TPSA) is 85.8 Å². The SMILES string of the molecule is COC(=O)C1CCN(C(=O)COC(=O)c2ccc(CSc3nc4ccccc4s3)cc2)CC1. The van der Waals surface area contributed by atoms with Crippen molar-refractivity contribution >= 4 is 51.2 Å². The lowest BCUT2D eigenvalue weighted by Crippen LogP contribution is -2.42. The number of carbonyl (C=O) groups excluding carboxylic acids is 3. The number of methoxy groups -OCH3 is 1. The Balaban J connectivity index is 1.23. The molecule has 1 aliphatic heterocycles. The molecule has 0 N–H and O–H groups in total. The molecular formula is C24H24N2O5S2. The Labute approximate surface area is 200 Å². The van der Waals surface area contributed by atoms with Gasteiger partial charge in [0.2, 0.25) is 0 Å². The van der Waals surface area contributed by atoms with E-state index in [2.05, 4.69) is 11.1 Å².